The number of hydrogen-bond donors (Lipinski definition) is 1. The van der Waals surface area contributed by atoms with Crippen LogP contribution in [0.15, 0.2) is 12.1 Å². The molecule has 1 aromatic rings. The van der Waals surface area contributed by atoms with Crippen molar-refractivity contribution in [2.75, 3.05) is 25.1 Å². The number of ether oxygens (including phenoxy) is 1. The topological polar surface area (TPSA) is 21.3 Å². The molecule has 4 heteroatoms. The van der Waals surface area contributed by atoms with Crippen molar-refractivity contribution in [3.05, 3.63) is 28.5 Å². The van der Waals surface area contributed by atoms with Crippen LogP contribution in [0.3, 0.4) is 0 Å². The first-order chi connectivity index (χ1) is 8.50. The number of aryl methyl sites for hydroxylation is 1. The summed E-state index contributed by atoms with van der Waals surface area (Å²) in [5, 5.41) is 3.55. The van der Waals surface area contributed by atoms with E-state index in [1.807, 2.05) is 0 Å². The fourth-order valence-corrected chi connectivity index (χ4v) is 1.69. The van der Waals surface area contributed by atoms with Crippen LogP contribution >= 0.6 is 11.6 Å². The van der Waals surface area contributed by atoms with E-state index in [0.717, 1.165) is 18.7 Å². The molecule has 0 aliphatic carbocycles. The highest BCUT2D eigenvalue weighted by atomic mass is 35.5. The summed E-state index contributed by atoms with van der Waals surface area (Å²) in [6.45, 7) is 8.12. The predicted molar refractivity (Wildman–Crippen MR) is 74.9 cm³/mol. The van der Waals surface area contributed by atoms with Gasteiger partial charge in [-0.15, -0.1) is 0 Å². The Bertz CT molecular complexity index is 382. The molecular weight excluding hydrogens is 253 g/mol. The van der Waals surface area contributed by atoms with Crippen LogP contribution in [0.1, 0.15) is 25.8 Å². The molecule has 0 spiro atoms. The van der Waals surface area contributed by atoms with Gasteiger partial charge in [0, 0.05) is 13.2 Å². The maximum absolute atomic E-state index is 13.2. The van der Waals surface area contributed by atoms with Gasteiger partial charge in [0.2, 0.25) is 0 Å². The van der Waals surface area contributed by atoms with Gasteiger partial charge >= 0.3 is 0 Å². The lowest BCUT2D eigenvalue weighted by Crippen LogP contribution is -2.11. The predicted octanol–water partition coefficient (Wildman–Crippen LogP) is 4.26. The lowest BCUT2D eigenvalue weighted by atomic mass is 10.1. The third-order valence-corrected chi connectivity index (χ3v) is 2.96. The lowest BCUT2D eigenvalue weighted by Gasteiger charge is -2.11. The van der Waals surface area contributed by atoms with Gasteiger partial charge in [-0.25, -0.2) is 4.39 Å². The summed E-state index contributed by atoms with van der Waals surface area (Å²) < 4.78 is 18.7. The maximum Gasteiger partial charge on any atom is 0.127 e. The van der Waals surface area contributed by atoms with Gasteiger partial charge in [0.1, 0.15) is 5.82 Å². The van der Waals surface area contributed by atoms with Crippen molar-refractivity contribution in [2.45, 2.75) is 27.2 Å². The van der Waals surface area contributed by atoms with E-state index >= 15 is 0 Å². The van der Waals surface area contributed by atoms with Crippen LogP contribution in [0.4, 0.5) is 10.1 Å². The summed E-state index contributed by atoms with van der Waals surface area (Å²) in [6, 6.07) is 3.05. The summed E-state index contributed by atoms with van der Waals surface area (Å²) in [6.07, 6.45) is 1.07. The van der Waals surface area contributed by atoms with Gasteiger partial charge in [-0.05, 0) is 37.0 Å². The number of anilines is 1. The summed E-state index contributed by atoms with van der Waals surface area (Å²) >= 11 is 5.94. The number of nitrogens with one attached hydrogen (secondary N) is 1. The SMILES string of the molecule is Cc1cc(NCCOCCC(C)C)c(Cl)cc1F. The second-order valence-electron chi connectivity index (χ2n) is 4.80. The van der Waals surface area contributed by atoms with E-state index in [-0.39, 0.29) is 5.82 Å². The molecule has 1 rings (SSSR count). The van der Waals surface area contributed by atoms with Gasteiger partial charge < -0.3 is 10.1 Å². The van der Waals surface area contributed by atoms with Crippen molar-refractivity contribution in [3.8, 4) is 0 Å². The van der Waals surface area contributed by atoms with Crippen molar-refractivity contribution in [1.82, 2.24) is 0 Å². The highest BCUT2D eigenvalue weighted by Crippen LogP contribution is 2.24. The van der Waals surface area contributed by atoms with Crippen molar-refractivity contribution >= 4 is 17.3 Å². The molecule has 0 radical (unpaired) electrons. The zero-order chi connectivity index (χ0) is 13.5. The molecule has 0 aromatic heterocycles. The third kappa shape index (κ3) is 5.23. The average molecular weight is 274 g/mol. The van der Waals surface area contributed by atoms with Crippen molar-refractivity contribution in [3.63, 3.8) is 0 Å². The first-order valence-electron chi connectivity index (χ1n) is 6.28. The quantitative estimate of drug-likeness (QED) is 0.750. The van der Waals surface area contributed by atoms with Crippen LogP contribution in [0, 0.1) is 18.7 Å². The van der Waals surface area contributed by atoms with Gasteiger partial charge in [0.15, 0.2) is 0 Å². The van der Waals surface area contributed by atoms with Gasteiger partial charge in [0.25, 0.3) is 0 Å². The van der Waals surface area contributed by atoms with Gasteiger partial charge in [0.05, 0.1) is 17.3 Å². The molecule has 1 aromatic carbocycles. The lowest BCUT2D eigenvalue weighted by molar-refractivity contribution is 0.132. The minimum atomic E-state index is -0.279. The van der Waals surface area contributed by atoms with Crippen LogP contribution in [0.25, 0.3) is 0 Å². The second-order valence-corrected chi connectivity index (χ2v) is 5.21. The van der Waals surface area contributed by atoms with Crippen LogP contribution in [-0.2, 0) is 4.74 Å². The molecule has 0 saturated heterocycles. The first-order valence-corrected chi connectivity index (χ1v) is 6.65. The van der Waals surface area contributed by atoms with Crippen molar-refractivity contribution in [1.29, 1.82) is 0 Å². The number of rotatable bonds is 7. The molecule has 1 N–H and O–H groups in total. The Morgan fingerprint density at radius 1 is 1.33 bits per heavy atom. The fraction of sp³-hybridized carbons (Fsp3) is 0.571. The third-order valence-electron chi connectivity index (χ3n) is 2.65. The summed E-state index contributed by atoms with van der Waals surface area (Å²) in [7, 11) is 0. The van der Waals surface area contributed by atoms with Crippen LogP contribution < -0.4 is 5.32 Å². The summed E-state index contributed by atoms with van der Waals surface area (Å²) in [5.74, 6) is 0.380. The Kier molecular flexibility index (Phi) is 6.44. The molecule has 18 heavy (non-hydrogen) atoms. The first kappa shape index (κ1) is 15.3. The number of halogens is 2. The standard InChI is InChI=1S/C14H21ClFNO/c1-10(2)4-6-18-7-5-17-14-8-11(3)13(16)9-12(14)15/h8-10,17H,4-7H2,1-3H3. The van der Waals surface area contributed by atoms with E-state index in [9.17, 15) is 4.39 Å². The van der Waals surface area contributed by atoms with Gasteiger partial charge in [-0.3, -0.25) is 0 Å². The maximum atomic E-state index is 13.2. The van der Waals surface area contributed by atoms with Crippen LogP contribution in [-0.4, -0.2) is 19.8 Å². The zero-order valence-corrected chi connectivity index (χ0v) is 12.0. The van der Waals surface area contributed by atoms with Crippen LogP contribution in [0.2, 0.25) is 5.02 Å². The largest absolute Gasteiger partial charge is 0.382 e. The van der Waals surface area contributed by atoms with Crippen LogP contribution in [0.5, 0.6) is 0 Å². The number of hydrogen-bond acceptors (Lipinski definition) is 2. The smallest absolute Gasteiger partial charge is 0.127 e. The molecule has 0 aliphatic heterocycles. The van der Waals surface area contributed by atoms with E-state index in [4.69, 9.17) is 16.3 Å². The Hall–Kier alpha value is -0.800. The molecule has 0 heterocycles. The van der Waals surface area contributed by atoms with E-state index in [0.29, 0.717) is 29.7 Å². The minimum absolute atomic E-state index is 0.279. The minimum Gasteiger partial charge on any atom is -0.382 e. The Balaban J connectivity index is 2.29. The molecule has 0 fully saturated rings. The molecule has 0 atom stereocenters. The van der Waals surface area contributed by atoms with Gasteiger partial charge in [-0.1, -0.05) is 25.4 Å². The normalized spacial score (nSPS) is 11.0. The average Bonchev–Trinajstić information content (AvgIpc) is 2.29. The molecule has 0 unspecified atom stereocenters. The summed E-state index contributed by atoms with van der Waals surface area (Å²) in [5.41, 5.74) is 1.34. The Morgan fingerprint density at radius 3 is 2.72 bits per heavy atom. The molecular formula is C14H21ClFNO. The zero-order valence-electron chi connectivity index (χ0n) is 11.2. The van der Waals surface area contributed by atoms with E-state index < -0.39 is 0 Å². The fourth-order valence-electron chi connectivity index (χ4n) is 1.47. The van der Waals surface area contributed by atoms with E-state index in [2.05, 4.69) is 19.2 Å². The van der Waals surface area contributed by atoms with Gasteiger partial charge in [-0.2, -0.15) is 0 Å². The molecule has 0 amide bonds. The van der Waals surface area contributed by atoms with E-state index in [1.54, 1.807) is 13.0 Å². The molecule has 0 bridgehead atoms. The molecule has 102 valence electrons. The van der Waals surface area contributed by atoms with E-state index in [1.165, 1.54) is 6.07 Å². The Labute approximate surface area is 113 Å². The van der Waals surface area contributed by atoms with Crippen molar-refractivity contribution < 1.29 is 9.13 Å². The van der Waals surface area contributed by atoms with Crippen molar-refractivity contribution in [2.24, 2.45) is 5.92 Å². The summed E-state index contributed by atoms with van der Waals surface area (Å²) in [4.78, 5) is 0. The number of benzene rings is 1. The monoisotopic (exact) mass is 273 g/mol. The highest BCUT2D eigenvalue weighted by Gasteiger charge is 2.04. The second kappa shape index (κ2) is 7.59. The highest BCUT2D eigenvalue weighted by molar-refractivity contribution is 6.33. The molecule has 0 saturated carbocycles. The molecule has 2 nitrogen and oxygen atoms in total. The molecule has 0 aliphatic rings. The Morgan fingerprint density at radius 2 is 2.06 bits per heavy atom.